The molecule has 8 aromatic rings. The molecule has 0 atom stereocenters. The molecule has 0 radical (unpaired) electrons. The second kappa shape index (κ2) is 10.2. The number of anilines is 3. The van der Waals surface area contributed by atoms with E-state index in [1.54, 1.807) is 0 Å². The van der Waals surface area contributed by atoms with Gasteiger partial charge < -0.3 is 4.90 Å². The number of hydrogen-bond donors (Lipinski definition) is 0. The maximum absolute atomic E-state index is 2.42. The summed E-state index contributed by atoms with van der Waals surface area (Å²) in [5, 5.41) is 7.73. The van der Waals surface area contributed by atoms with Gasteiger partial charge in [-0.25, -0.2) is 0 Å². The fourth-order valence-electron chi connectivity index (χ4n) is 7.73. The predicted molar refractivity (Wildman–Crippen MR) is 197 cm³/mol. The molecule has 9 rings (SSSR count). The average molecular weight is 588 g/mol. The summed E-state index contributed by atoms with van der Waals surface area (Å²) < 4.78 is 0. The lowest BCUT2D eigenvalue weighted by Gasteiger charge is -2.29. The van der Waals surface area contributed by atoms with E-state index in [4.69, 9.17) is 0 Å². The van der Waals surface area contributed by atoms with Crippen LogP contribution in [0.15, 0.2) is 164 Å². The van der Waals surface area contributed by atoms with Crippen molar-refractivity contribution in [2.75, 3.05) is 4.90 Å². The van der Waals surface area contributed by atoms with Crippen LogP contribution in [0, 0.1) is 0 Å². The van der Waals surface area contributed by atoms with Gasteiger partial charge in [-0.3, -0.25) is 0 Å². The van der Waals surface area contributed by atoms with Gasteiger partial charge >= 0.3 is 0 Å². The van der Waals surface area contributed by atoms with Crippen LogP contribution < -0.4 is 4.90 Å². The molecule has 0 saturated carbocycles. The number of para-hydroxylation sites is 1. The highest BCUT2D eigenvalue weighted by atomic mass is 15.1. The van der Waals surface area contributed by atoms with Crippen LogP contribution in [0.3, 0.4) is 0 Å². The van der Waals surface area contributed by atoms with Gasteiger partial charge in [0.25, 0.3) is 0 Å². The predicted octanol–water partition coefficient (Wildman–Crippen LogP) is 12.6. The summed E-state index contributed by atoms with van der Waals surface area (Å²) in [6.45, 7) is 4.69. The first kappa shape index (κ1) is 26.7. The maximum Gasteiger partial charge on any atom is 0.0543 e. The van der Waals surface area contributed by atoms with Crippen molar-refractivity contribution in [3.05, 3.63) is 175 Å². The molecule has 8 aromatic carbocycles. The van der Waals surface area contributed by atoms with E-state index in [0.29, 0.717) is 0 Å². The molecule has 1 aliphatic carbocycles. The maximum atomic E-state index is 2.42. The van der Waals surface area contributed by atoms with Crippen LogP contribution in [0.25, 0.3) is 54.6 Å². The molecule has 1 aliphatic rings. The zero-order valence-electron chi connectivity index (χ0n) is 26.0. The van der Waals surface area contributed by atoms with Crippen LogP contribution in [-0.2, 0) is 5.41 Å². The Hall–Kier alpha value is -5.66. The highest BCUT2D eigenvalue weighted by molar-refractivity contribution is 6.17. The molecule has 1 heteroatoms. The molecule has 0 amide bonds. The molecule has 0 heterocycles. The lowest BCUT2D eigenvalue weighted by molar-refractivity contribution is 0.660. The fraction of sp³-hybridized carbons (Fsp3) is 0.0667. The van der Waals surface area contributed by atoms with Gasteiger partial charge in [-0.2, -0.15) is 0 Å². The summed E-state index contributed by atoms with van der Waals surface area (Å²) in [6.07, 6.45) is 0. The third-order valence-corrected chi connectivity index (χ3v) is 10.0. The molecule has 1 nitrogen and oxygen atoms in total. The second-order valence-electron chi connectivity index (χ2n) is 13.0. The number of fused-ring (bicyclic) bond motifs is 8. The summed E-state index contributed by atoms with van der Waals surface area (Å²) in [7, 11) is 0. The van der Waals surface area contributed by atoms with Gasteiger partial charge in [0.15, 0.2) is 0 Å². The zero-order chi connectivity index (χ0) is 30.8. The van der Waals surface area contributed by atoms with Gasteiger partial charge in [-0.05, 0) is 96.5 Å². The monoisotopic (exact) mass is 587 g/mol. The Kier molecular flexibility index (Phi) is 5.92. The molecule has 0 fully saturated rings. The van der Waals surface area contributed by atoms with Gasteiger partial charge in [-0.1, -0.05) is 141 Å². The van der Waals surface area contributed by atoms with E-state index >= 15 is 0 Å². The summed E-state index contributed by atoms with van der Waals surface area (Å²) in [4.78, 5) is 2.42. The largest absolute Gasteiger partial charge is 0.310 e. The van der Waals surface area contributed by atoms with Crippen molar-refractivity contribution in [2.45, 2.75) is 19.3 Å². The SMILES string of the molecule is CC1(C)c2ccccc2-c2c(N(c3ccccc3)c3ccc(-c4ccc5ccc6c7ccccc7ccc6c5c4)cc3)cccc21. The van der Waals surface area contributed by atoms with Crippen molar-refractivity contribution in [3.63, 3.8) is 0 Å². The normalized spacial score (nSPS) is 13.2. The Morgan fingerprint density at radius 1 is 0.413 bits per heavy atom. The van der Waals surface area contributed by atoms with E-state index in [1.807, 2.05) is 0 Å². The molecular formula is C45H33N. The first-order chi connectivity index (χ1) is 22.6. The first-order valence-corrected chi connectivity index (χ1v) is 16.1. The van der Waals surface area contributed by atoms with Crippen LogP contribution >= 0.6 is 0 Å². The first-order valence-electron chi connectivity index (χ1n) is 16.1. The highest BCUT2D eigenvalue weighted by Gasteiger charge is 2.37. The summed E-state index contributed by atoms with van der Waals surface area (Å²) >= 11 is 0. The van der Waals surface area contributed by atoms with Gasteiger partial charge in [0.05, 0.1) is 5.69 Å². The third-order valence-electron chi connectivity index (χ3n) is 10.0. The van der Waals surface area contributed by atoms with Crippen molar-refractivity contribution in [1.29, 1.82) is 0 Å². The number of rotatable bonds is 4. The highest BCUT2D eigenvalue weighted by Crippen LogP contribution is 2.54. The average Bonchev–Trinajstić information content (AvgIpc) is 3.35. The molecule has 0 saturated heterocycles. The number of nitrogens with zero attached hydrogens (tertiary/aromatic N) is 1. The van der Waals surface area contributed by atoms with E-state index in [2.05, 4.69) is 183 Å². The quantitative estimate of drug-likeness (QED) is 0.185. The van der Waals surface area contributed by atoms with Crippen LogP contribution in [-0.4, -0.2) is 0 Å². The zero-order valence-corrected chi connectivity index (χ0v) is 26.0. The lowest BCUT2D eigenvalue weighted by atomic mass is 9.82. The van der Waals surface area contributed by atoms with Crippen LogP contribution in [0.1, 0.15) is 25.0 Å². The topological polar surface area (TPSA) is 3.24 Å². The van der Waals surface area contributed by atoms with E-state index < -0.39 is 0 Å². The van der Waals surface area contributed by atoms with Crippen LogP contribution in [0.5, 0.6) is 0 Å². The third kappa shape index (κ3) is 4.02. The van der Waals surface area contributed by atoms with E-state index in [9.17, 15) is 0 Å². The van der Waals surface area contributed by atoms with E-state index in [1.165, 1.54) is 71.4 Å². The minimum Gasteiger partial charge on any atom is -0.310 e. The minimum atomic E-state index is -0.0549. The summed E-state index contributed by atoms with van der Waals surface area (Å²) in [5.41, 5.74) is 11.3. The van der Waals surface area contributed by atoms with Crippen molar-refractivity contribution in [2.24, 2.45) is 0 Å². The van der Waals surface area contributed by atoms with Crippen molar-refractivity contribution >= 4 is 49.4 Å². The summed E-state index contributed by atoms with van der Waals surface area (Å²) in [5.74, 6) is 0. The van der Waals surface area contributed by atoms with E-state index in [-0.39, 0.29) is 5.41 Å². The van der Waals surface area contributed by atoms with E-state index in [0.717, 1.165) is 11.4 Å². The van der Waals surface area contributed by atoms with Crippen molar-refractivity contribution in [1.82, 2.24) is 0 Å². The lowest BCUT2D eigenvalue weighted by Crippen LogP contribution is -2.16. The minimum absolute atomic E-state index is 0.0549. The van der Waals surface area contributed by atoms with Crippen LogP contribution in [0.2, 0.25) is 0 Å². The Morgan fingerprint density at radius 3 is 1.85 bits per heavy atom. The number of benzene rings is 8. The molecule has 218 valence electrons. The summed E-state index contributed by atoms with van der Waals surface area (Å²) in [6, 6.07) is 60.1. The molecule has 0 unspecified atom stereocenters. The van der Waals surface area contributed by atoms with Gasteiger partial charge in [0.1, 0.15) is 0 Å². The molecular weight excluding hydrogens is 555 g/mol. The molecule has 0 spiro atoms. The van der Waals surface area contributed by atoms with Crippen molar-refractivity contribution < 1.29 is 0 Å². The molecule has 0 bridgehead atoms. The fourth-order valence-corrected chi connectivity index (χ4v) is 7.73. The Bertz CT molecular complexity index is 2430. The van der Waals surface area contributed by atoms with Gasteiger partial charge in [0.2, 0.25) is 0 Å². The molecule has 0 N–H and O–H groups in total. The van der Waals surface area contributed by atoms with Crippen molar-refractivity contribution in [3.8, 4) is 22.3 Å². The standard InChI is InChI=1S/C45H33N/c1-45(2)41-16-9-8-15-39(41)44-42(45)17-10-18-43(44)46(34-12-4-3-5-13-34)35-25-21-30(22-26-35)33-20-19-32-24-27-37-36-14-7-6-11-31(36)23-28-38(37)40(32)29-33/h3-29H,1-2H3. The molecule has 0 aliphatic heterocycles. The number of hydrogen-bond acceptors (Lipinski definition) is 1. The molecule has 0 aromatic heterocycles. The Morgan fingerprint density at radius 2 is 1.02 bits per heavy atom. The Balaban J connectivity index is 1.17. The Labute approximate surface area is 270 Å². The molecule has 46 heavy (non-hydrogen) atoms. The second-order valence-corrected chi connectivity index (χ2v) is 13.0. The van der Waals surface area contributed by atoms with Gasteiger partial charge in [-0.15, -0.1) is 0 Å². The smallest absolute Gasteiger partial charge is 0.0543 e. The van der Waals surface area contributed by atoms with Crippen LogP contribution in [0.4, 0.5) is 17.1 Å². The van der Waals surface area contributed by atoms with Gasteiger partial charge in [0, 0.05) is 22.4 Å².